The molecule has 1 atom stereocenters. The SMILES string of the molecule is COc1cccc(CN2CCN(c3c(C)n(Cc4c(F)cccc4F)c(=O)n(CC(N)c4ccccc4)c3=O)CC2)c1. The number of benzene rings is 3. The second-order valence-corrected chi connectivity index (χ2v) is 10.6. The van der Waals surface area contributed by atoms with Crippen molar-refractivity contribution in [2.75, 3.05) is 38.2 Å². The molecule has 1 fully saturated rings. The average Bonchev–Trinajstić information content (AvgIpc) is 3.00. The fourth-order valence-electron chi connectivity index (χ4n) is 5.50. The number of nitrogens with zero attached hydrogens (tertiary/aromatic N) is 4. The minimum absolute atomic E-state index is 0.0789. The fraction of sp³-hybridized carbons (Fsp3) is 0.312. The predicted molar refractivity (Wildman–Crippen MR) is 159 cm³/mol. The second kappa shape index (κ2) is 12.7. The normalized spacial score (nSPS) is 14.6. The molecule has 1 aliphatic rings. The topological polar surface area (TPSA) is 85.7 Å². The van der Waals surface area contributed by atoms with Gasteiger partial charge in [0.25, 0.3) is 5.56 Å². The van der Waals surface area contributed by atoms with Crippen molar-refractivity contribution in [3.8, 4) is 5.75 Å². The summed E-state index contributed by atoms with van der Waals surface area (Å²) in [5.74, 6) is -0.718. The average molecular weight is 576 g/mol. The first-order chi connectivity index (χ1) is 20.3. The van der Waals surface area contributed by atoms with Crippen LogP contribution in [0.4, 0.5) is 14.5 Å². The van der Waals surface area contributed by atoms with E-state index in [9.17, 15) is 18.4 Å². The van der Waals surface area contributed by atoms with Crippen LogP contribution in [0.15, 0.2) is 82.4 Å². The number of halogens is 2. The number of piperazine rings is 1. The Kier molecular flexibility index (Phi) is 8.84. The van der Waals surface area contributed by atoms with Crippen LogP contribution in [-0.2, 0) is 19.6 Å². The largest absolute Gasteiger partial charge is 0.497 e. The van der Waals surface area contributed by atoms with Gasteiger partial charge in [0, 0.05) is 50.0 Å². The van der Waals surface area contributed by atoms with Crippen LogP contribution in [-0.4, -0.2) is 47.3 Å². The zero-order valence-electron chi connectivity index (χ0n) is 23.8. The Morgan fingerprint density at radius 2 is 1.52 bits per heavy atom. The van der Waals surface area contributed by atoms with Crippen LogP contribution >= 0.6 is 0 Å². The Bertz CT molecular complexity index is 1640. The minimum Gasteiger partial charge on any atom is -0.497 e. The van der Waals surface area contributed by atoms with Gasteiger partial charge in [-0.1, -0.05) is 48.5 Å². The molecule has 0 saturated carbocycles. The van der Waals surface area contributed by atoms with Crippen LogP contribution in [0.3, 0.4) is 0 Å². The molecule has 0 radical (unpaired) electrons. The lowest BCUT2D eigenvalue weighted by atomic mass is 10.1. The van der Waals surface area contributed by atoms with Crippen molar-refractivity contribution in [3.63, 3.8) is 0 Å². The first-order valence-electron chi connectivity index (χ1n) is 13.9. The molecule has 10 heteroatoms. The molecule has 0 spiro atoms. The summed E-state index contributed by atoms with van der Waals surface area (Å²) < 4.78 is 37.1. The lowest BCUT2D eigenvalue weighted by molar-refractivity contribution is 0.249. The van der Waals surface area contributed by atoms with Crippen LogP contribution in [0, 0.1) is 18.6 Å². The quantitative estimate of drug-likeness (QED) is 0.328. The van der Waals surface area contributed by atoms with E-state index < -0.39 is 28.9 Å². The Morgan fingerprint density at radius 3 is 2.19 bits per heavy atom. The summed E-state index contributed by atoms with van der Waals surface area (Å²) in [6, 6.07) is 20.1. The highest BCUT2D eigenvalue weighted by molar-refractivity contribution is 5.50. The third kappa shape index (κ3) is 6.14. The van der Waals surface area contributed by atoms with E-state index in [1.807, 2.05) is 59.5 Å². The van der Waals surface area contributed by atoms with E-state index in [0.717, 1.165) is 40.1 Å². The van der Waals surface area contributed by atoms with E-state index in [0.29, 0.717) is 37.6 Å². The van der Waals surface area contributed by atoms with Crippen molar-refractivity contribution in [1.29, 1.82) is 0 Å². The van der Waals surface area contributed by atoms with Gasteiger partial charge in [0.1, 0.15) is 23.1 Å². The van der Waals surface area contributed by atoms with Crippen molar-refractivity contribution in [3.05, 3.63) is 128 Å². The minimum atomic E-state index is -0.757. The molecule has 2 heterocycles. The van der Waals surface area contributed by atoms with Gasteiger partial charge in [0.15, 0.2) is 0 Å². The number of hydrogen-bond acceptors (Lipinski definition) is 6. The van der Waals surface area contributed by atoms with Crippen LogP contribution in [0.2, 0.25) is 0 Å². The fourth-order valence-corrected chi connectivity index (χ4v) is 5.50. The molecule has 8 nitrogen and oxygen atoms in total. The first-order valence-corrected chi connectivity index (χ1v) is 13.9. The van der Waals surface area contributed by atoms with Crippen LogP contribution in [0.1, 0.15) is 28.4 Å². The Hall–Kier alpha value is -4.28. The third-order valence-corrected chi connectivity index (χ3v) is 7.87. The highest BCUT2D eigenvalue weighted by Gasteiger charge is 2.26. The predicted octanol–water partition coefficient (Wildman–Crippen LogP) is 3.68. The van der Waals surface area contributed by atoms with Crippen LogP contribution in [0.5, 0.6) is 5.75 Å². The summed E-state index contributed by atoms with van der Waals surface area (Å²) in [6.45, 7) is 4.39. The van der Waals surface area contributed by atoms with Gasteiger partial charge in [-0.15, -0.1) is 0 Å². The third-order valence-electron chi connectivity index (χ3n) is 7.87. The number of nitrogens with two attached hydrogens (primary N) is 1. The molecule has 1 aromatic heterocycles. The number of rotatable bonds is 9. The Morgan fingerprint density at radius 1 is 0.857 bits per heavy atom. The van der Waals surface area contributed by atoms with E-state index >= 15 is 0 Å². The molecule has 42 heavy (non-hydrogen) atoms. The van der Waals surface area contributed by atoms with Crippen molar-refractivity contribution in [2.45, 2.75) is 32.6 Å². The van der Waals surface area contributed by atoms with Gasteiger partial charge < -0.3 is 15.4 Å². The van der Waals surface area contributed by atoms with Gasteiger partial charge in [-0.05, 0) is 42.3 Å². The maximum Gasteiger partial charge on any atom is 0.331 e. The van der Waals surface area contributed by atoms with Gasteiger partial charge in [-0.2, -0.15) is 0 Å². The summed E-state index contributed by atoms with van der Waals surface area (Å²) in [6.07, 6.45) is 0. The van der Waals surface area contributed by atoms with Crippen molar-refractivity contribution in [2.24, 2.45) is 5.73 Å². The summed E-state index contributed by atoms with van der Waals surface area (Å²) in [5, 5.41) is 0. The molecule has 2 N–H and O–H groups in total. The maximum absolute atomic E-state index is 14.7. The molecule has 0 amide bonds. The molecular weight excluding hydrogens is 540 g/mol. The lowest BCUT2D eigenvalue weighted by Crippen LogP contribution is -2.51. The molecule has 220 valence electrons. The summed E-state index contributed by atoms with van der Waals surface area (Å²) in [4.78, 5) is 31.9. The number of methoxy groups -OCH3 is 1. The summed E-state index contributed by atoms with van der Waals surface area (Å²) >= 11 is 0. The van der Waals surface area contributed by atoms with Gasteiger partial charge in [-0.3, -0.25) is 18.8 Å². The van der Waals surface area contributed by atoms with Crippen LogP contribution in [0.25, 0.3) is 0 Å². The van der Waals surface area contributed by atoms with E-state index in [4.69, 9.17) is 10.5 Å². The summed E-state index contributed by atoms with van der Waals surface area (Å²) in [5.41, 5.74) is 7.66. The molecule has 0 aliphatic carbocycles. The van der Waals surface area contributed by atoms with E-state index in [1.54, 1.807) is 14.0 Å². The number of hydrogen-bond donors (Lipinski definition) is 1. The van der Waals surface area contributed by atoms with Gasteiger partial charge in [-0.25, -0.2) is 13.6 Å². The van der Waals surface area contributed by atoms with Gasteiger partial charge in [0.05, 0.1) is 20.2 Å². The first kappa shape index (κ1) is 29.2. The van der Waals surface area contributed by atoms with E-state index in [2.05, 4.69) is 4.90 Å². The molecule has 1 saturated heterocycles. The Labute approximate surface area is 243 Å². The summed E-state index contributed by atoms with van der Waals surface area (Å²) in [7, 11) is 1.64. The van der Waals surface area contributed by atoms with Gasteiger partial charge >= 0.3 is 5.69 Å². The Balaban J connectivity index is 1.48. The van der Waals surface area contributed by atoms with Crippen molar-refractivity contribution < 1.29 is 13.5 Å². The van der Waals surface area contributed by atoms with E-state index in [1.165, 1.54) is 10.6 Å². The molecule has 5 rings (SSSR count). The highest BCUT2D eigenvalue weighted by atomic mass is 19.1. The lowest BCUT2D eigenvalue weighted by Gasteiger charge is -2.37. The highest BCUT2D eigenvalue weighted by Crippen LogP contribution is 2.21. The monoisotopic (exact) mass is 575 g/mol. The standard InChI is InChI=1S/C32H35F2N5O3/c1-22-30(37-16-14-36(15-17-37)19-23-8-6-11-25(18-23)42-2)31(40)39(21-29(35)24-9-4-3-5-10-24)32(41)38(22)20-26-27(33)12-7-13-28(26)34/h3-13,18,29H,14-17,19-21,35H2,1-2H3. The van der Waals surface area contributed by atoms with Crippen molar-refractivity contribution in [1.82, 2.24) is 14.0 Å². The number of ether oxygens (including phenoxy) is 1. The molecule has 3 aromatic carbocycles. The molecular formula is C32H35F2N5O3. The number of anilines is 1. The molecule has 1 aliphatic heterocycles. The zero-order valence-corrected chi connectivity index (χ0v) is 23.8. The van der Waals surface area contributed by atoms with E-state index in [-0.39, 0.29) is 18.7 Å². The number of aromatic nitrogens is 2. The maximum atomic E-state index is 14.7. The van der Waals surface area contributed by atoms with Crippen molar-refractivity contribution >= 4 is 5.69 Å². The van der Waals surface area contributed by atoms with Gasteiger partial charge in [0.2, 0.25) is 0 Å². The molecule has 4 aromatic rings. The second-order valence-electron chi connectivity index (χ2n) is 10.6. The smallest absolute Gasteiger partial charge is 0.331 e. The zero-order chi connectivity index (χ0) is 29.8. The molecule has 0 bridgehead atoms. The van der Waals surface area contributed by atoms with Crippen LogP contribution < -0.4 is 26.6 Å². The molecule has 1 unspecified atom stereocenters.